The van der Waals surface area contributed by atoms with Crippen LogP contribution in [-0.4, -0.2) is 50.0 Å². The number of nitrogens with zero attached hydrogens (tertiary/aromatic N) is 4. The van der Waals surface area contributed by atoms with E-state index in [9.17, 15) is 9.59 Å². The number of aromatic nitrogens is 4. The summed E-state index contributed by atoms with van der Waals surface area (Å²) in [5.41, 5.74) is 0.140. The second-order valence-electron chi connectivity index (χ2n) is 4.83. The number of amides is 1. The van der Waals surface area contributed by atoms with E-state index in [1.54, 1.807) is 6.07 Å². The predicted octanol–water partition coefficient (Wildman–Crippen LogP) is -0.158. The lowest BCUT2D eigenvalue weighted by Gasteiger charge is -2.26. The fourth-order valence-electron chi connectivity index (χ4n) is 2.33. The SMILES string of the molecule is O=C(CNc1cc2n[nH]c(=O)n2cn1)N1CCCCC1. The van der Waals surface area contributed by atoms with Crippen LogP contribution in [0.25, 0.3) is 5.65 Å². The quantitative estimate of drug-likeness (QED) is 0.812. The summed E-state index contributed by atoms with van der Waals surface area (Å²) in [4.78, 5) is 29.2. The van der Waals surface area contributed by atoms with Crippen LogP contribution in [0.5, 0.6) is 0 Å². The average Bonchev–Trinajstić information content (AvgIpc) is 2.87. The van der Waals surface area contributed by atoms with Gasteiger partial charge in [-0.1, -0.05) is 0 Å². The molecule has 0 saturated carbocycles. The lowest BCUT2D eigenvalue weighted by Crippen LogP contribution is -2.39. The van der Waals surface area contributed by atoms with E-state index in [0.717, 1.165) is 25.9 Å². The smallest absolute Gasteiger partial charge is 0.348 e. The summed E-state index contributed by atoms with van der Waals surface area (Å²) in [5.74, 6) is 0.604. The third kappa shape index (κ3) is 2.49. The molecule has 0 bridgehead atoms. The molecule has 8 nitrogen and oxygen atoms in total. The zero-order valence-electron chi connectivity index (χ0n) is 11.0. The van der Waals surface area contributed by atoms with Gasteiger partial charge in [-0.25, -0.2) is 19.3 Å². The van der Waals surface area contributed by atoms with Gasteiger partial charge in [0.25, 0.3) is 0 Å². The molecule has 0 aromatic carbocycles. The number of carbonyl (C=O) groups is 1. The van der Waals surface area contributed by atoms with Crippen molar-refractivity contribution < 1.29 is 4.79 Å². The molecular formula is C12H16N6O2. The fourth-order valence-corrected chi connectivity index (χ4v) is 2.33. The van der Waals surface area contributed by atoms with Gasteiger partial charge in [0, 0.05) is 19.2 Å². The largest absolute Gasteiger partial charge is 0.361 e. The Morgan fingerprint density at radius 3 is 2.95 bits per heavy atom. The summed E-state index contributed by atoms with van der Waals surface area (Å²) in [5, 5.41) is 9.15. The van der Waals surface area contributed by atoms with Crippen molar-refractivity contribution >= 4 is 17.4 Å². The molecular weight excluding hydrogens is 260 g/mol. The van der Waals surface area contributed by atoms with Crippen LogP contribution in [0.2, 0.25) is 0 Å². The van der Waals surface area contributed by atoms with Crippen molar-refractivity contribution in [2.24, 2.45) is 0 Å². The average molecular weight is 276 g/mol. The Kier molecular flexibility index (Phi) is 3.36. The minimum atomic E-state index is -0.330. The Morgan fingerprint density at radius 1 is 1.35 bits per heavy atom. The highest BCUT2D eigenvalue weighted by Crippen LogP contribution is 2.09. The van der Waals surface area contributed by atoms with Gasteiger partial charge >= 0.3 is 5.69 Å². The van der Waals surface area contributed by atoms with Crippen molar-refractivity contribution in [3.05, 3.63) is 22.9 Å². The fraction of sp³-hybridized carbons (Fsp3) is 0.500. The summed E-state index contributed by atoms with van der Waals surface area (Å²) in [6.07, 6.45) is 4.73. The first-order valence-electron chi connectivity index (χ1n) is 6.68. The molecule has 0 spiro atoms. The number of fused-ring (bicyclic) bond motifs is 1. The Balaban J connectivity index is 1.64. The molecule has 0 aliphatic carbocycles. The molecule has 0 unspecified atom stereocenters. The van der Waals surface area contributed by atoms with E-state index in [1.807, 2.05) is 4.90 Å². The number of likely N-dealkylation sites (tertiary alicyclic amines) is 1. The Labute approximate surface area is 114 Å². The molecule has 0 radical (unpaired) electrons. The minimum absolute atomic E-state index is 0.0748. The van der Waals surface area contributed by atoms with Gasteiger partial charge in [-0.15, -0.1) is 0 Å². The summed E-state index contributed by atoms with van der Waals surface area (Å²) < 4.78 is 1.30. The number of rotatable bonds is 3. The van der Waals surface area contributed by atoms with E-state index < -0.39 is 0 Å². The number of piperidine rings is 1. The second-order valence-corrected chi connectivity index (χ2v) is 4.83. The lowest BCUT2D eigenvalue weighted by atomic mass is 10.1. The van der Waals surface area contributed by atoms with Crippen molar-refractivity contribution in [1.29, 1.82) is 0 Å². The standard InChI is InChI=1S/C12H16N6O2/c19-11(17-4-2-1-3-5-17)7-13-9-6-10-15-16-12(20)18(10)8-14-9/h6,8,13H,1-5,7H2,(H,16,20). The Morgan fingerprint density at radius 2 is 2.15 bits per heavy atom. The Bertz CT molecular complexity index is 670. The lowest BCUT2D eigenvalue weighted by molar-refractivity contribution is -0.130. The molecule has 1 amide bonds. The number of H-pyrrole nitrogens is 1. The molecule has 1 saturated heterocycles. The third-order valence-corrected chi connectivity index (χ3v) is 3.44. The highest BCUT2D eigenvalue weighted by atomic mass is 16.2. The number of carbonyl (C=O) groups excluding carboxylic acids is 1. The molecule has 2 aromatic heterocycles. The third-order valence-electron chi connectivity index (χ3n) is 3.44. The highest BCUT2D eigenvalue weighted by molar-refractivity contribution is 5.80. The van der Waals surface area contributed by atoms with Crippen LogP contribution in [0.4, 0.5) is 5.82 Å². The van der Waals surface area contributed by atoms with Crippen molar-refractivity contribution in [3.8, 4) is 0 Å². The van der Waals surface area contributed by atoms with E-state index in [2.05, 4.69) is 20.5 Å². The molecule has 3 rings (SSSR count). The summed E-state index contributed by atoms with van der Waals surface area (Å²) in [6, 6.07) is 1.63. The molecule has 2 aromatic rings. The first kappa shape index (κ1) is 12.6. The number of hydrogen-bond donors (Lipinski definition) is 2. The second kappa shape index (κ2) is 5.32. The van der Waals surface area contributed by atoms with Gasteiger partial charge in [0.1, 0.15) is 12.1 Å². The van der Waals surface area contributed by atoms with Gasteiger partial charge in [0.15, 0.2) is 5.65 Å². The Hall–Kier alpha value is -2.38. The molecule has 0 atom stereocenters. The summed E-state index contributed by atoms with van der Waals surface area (Å²) in [6.45, 7) is 1.88. The molecule has 8 heteroatoms. The zero-order valence-corrected chi connectivity index (χ0v) is 11.0. The maximum absolute atomic E-state index is 12.0. The van der Waals surface area contributed by atoms with Gasteiger partial charge in [-0.05, 0) is 19.3 Å². The van der Waals surface area contributed by atoms with Crippen LogP contribution >= 0.6 is 0 Å². The normalized spacial score (nSPS) is 15.5. The van der Waals surface area contributed by atoms with Crippen molar-refractivity contribution in [3.63, 3.8) is 0 Å². The van der Waals surface area contributed by atoms with Crippen molar-refractivity contribution in [2.45, 2.75) is 19.3 Å². The van der Waals surface area contributed by atoms with Crippen LogP contribution < -0.4 is 11.0 Å². The number of hydrogen-bond acceptors (Lipinski definition) is 5. The molecule has 1 aliphatic rings. The summed E-state index contributed by atoms with van der Waals surface area (Å²) in [7, 11) is 0. The topological polar surface area (TPSA) is 95.4 Å². The number of aromatic amines is 1. The van der Waals surface area contributed by atoms with Gasteiger partial charge in [-0.3, -0.25) is 4.79 Å². The van der Waals surface area contributed by atoms with E-state index in [1.165, 1.54) is 17.1 Å². The number of anilines is 1. The van der Waals surface area contributed by atoms with E-state index in [4.69, 9.17) is 0 Å². The van der Waals surface area contributed by atoms with Crippen LogP contribution in [0.15, 0.2) is 17.2 Å². The molecule has 106 valence electrons. The van der Waals surface area contributed by atoms with Gasteiger partial charge in [0.2, 0.25) is 5.91 Å². The van der Waals surface area contributed by atoms with E-state index in [0.29, 0.717) is 11.5 Å². The van der Waals surface area contributed by atoms with Crippen LogP contribution in [0.1, 0.15) is 19.3 Å². The van der Waals surface area contributed by atoms with Crippen LogP contribution in [0.3, 0.4) is 0 Å². The molecule has 3 heterocycles. The molecule has 1 fully saturated rings. The minimum Gasteiger partial charge on any atom is -0.361 e. The first-order chi connectivity index (χ1) is 9.74. The summed E-state index contributed by atoms with van der Waals surface area (Å²) >= 11 is 0. The van der Waals surface area contributed by atoms with Crippen LogP contribution in [-0.2, 0) is 4.79 Å². The maximum atomic E-state index is 12.0. The van der Waals surface area contributed by atoms with E-state index >= 15 is 0 Å². The first-order valence-corrected chi connectivity index (χ1v) is 6.68. The van der Waals surface area contributed by atoms with Gasteiger partial charge < -0.3 is 10.2 Å². The number of nitrogens with one attached hydrogen (secondary N) is 2. The van der Waals surface area contributed by atoms with Crippen molar-refractivity contribution in [2.75, 3.05) is 25.0 Å². The van der Waals surface area contributed by atoms with E-state index in [-0.39, 0.29) is 18.1 Å². The molecule has 20 heavy (non-hydrogen) atoms. The van der Waals surface area contributed by atoms with Gasteiger partial charge in [0.05, 0.1) is 6.54 Å². The highest BCUT2D eigenvalue weighted by Gasteiger charge is 2.16. The van der Waals surface area contributed by atoms with Crippen molar-refractivity contribution in [1.82, 2.24) is 24.5 Å². The van der Waals surface area contributed by atoms with Crippen LogP contribution in [0, 0.1) is 0 Å². The zero-order chi connectivity index (χ0) is 13.9. The molecule has 2 N–H and O–H groups in total. The molecule has 1 aliphatic heterocycles. The monoisotopic (exact) mass is 276 g/mol. The van der Waals surface area contributed by atoms with Gasteiger partial charge in [-0.2, -0.15) is 5.10 Å². The predicted molar refractivity (Wildman–Crippen MR) is 72.5 cm³/mol. The maximum Gasteiger partial charge on any atom is 0.348 e.